The molecule has 0 saturated carbocycles. The highest BCUT2D eigenvalue weighted by atomic mass is 35.5. The van der Waals surface area contributed by atoms with E-state index in [1.807, 2.05) is 13.8 Å². The van der Waals surface area contributed by atoms with Gasteiger partial charge in [-0.05, 0) is 32.0 Å². The van der Waals surface area contributed by atoms with Crippen LogP contribution in [0.2, 0.25) is 5.02 Å². The van der Waals surface area contributed by atoms with Crippen molar-refractivity contribution in [3.8, 4) is 0 Å². The number of rotatable bonds is 4. The molecule has 0 radical (unpaired) electrons. The Hall–Kier alpha value is -1.57. The maximum Gasteiger partial charge on any atom is 0.238 e. The van der Waals surface area contributed by atoms with Crippen molar-refractivity contribution in [3.63, 3.8) is 0 Å². The number of anilines is 1. The lowest BCUT2D eigenvalue weighted by Gasteiger charge is -2.10. The van der Waals surface area contributed by atoms with Crippen molar-refractivity contribution in [1.82, 2.24) is 10.2 Å². The lowest BCUT2D eigenvalue weighted by atomic mass is 10.2. The zero-order chi connectivity index (χ0) is 14.9. The molecule has 0 aliphatic heterocycles. The standard InChI is InChI=1S/C12H15ClN4O2S/c1-7-10(8(2)17-16-7)6-15-12-5-9(20(14,18)19)3-4-11(12)13/h3-5,15H,6H2,1-2H3,(H,16,17)(H2,14,18,19). The molecule has 0 spiro atoms. The van der Waals surface area contributed by atoms with Crippen molar-refractivity contribution in [3.05, 3.63) is 40.2 Å². The van der Waals surface area contributed by atoms with Crippen molar-refractivity contribution in [2.24, 2.45) is 5.14 Å². The number of nitrogens with two attached hydrogens (primary N) is 1. The van der Waals surface area contributed by atoms with E-state index < -0.39 is 10.0 Å². The summed E-state index contributed by atoms with van der Waals surface area (Å²) in [7, 11) is -3.75. The van der Waals surface area contributed by atoms with Gasteiger partial charge in [0.1, 0.15) is 0 Å². The van der Waals surface area contributed by atoms with E-state index in [9.17, 15) is 8.42 Å². The van der Waals surface area contributed by atoms with Crippen LogP contribution in [-0.4, -0.2) is 18.6 Å². The molecule has 0 bridgehead atoms. The number of benzene rings is 1. The van der Waals surface area contributed by atoms with Gasteiger partial charge in [0.15, 0.2) is 0 Å². The predicted octanol–water partition coefficient (Wildman–Crippen LogP) is 1.94. The molecule has 0 unspecified atom stereocenters. The Labute approximate surface area is 122 Å². The van der Waals surface area contributed by atoms with Crippen molar-refractivity contribution >= 4 is 27.3 Å². The van der Waals surface area contributed by atoms with Gasteiger partial charge in [0, 0.05) is 17.8 Å². The lowest BCUT2D eigenvalue weighted by molar-refractivity contribution is 0.598. The molecule has 0 amide bonds. The third-order valence-electron chi connectivity index (χ3n) is 3.00. The van der Waals surface area contributed by atoms with Crippen molar-refractivity contribution in [2.45, 2.75) is 25.3 Å². The summed E-state index contributed by atoms with van der Waals surface area (Å²) in [6.45, 7) is 4.30. The molecule has 0 aliphatic carbocycles. The molecule has 1 heterocycles. The fourth-order valence-corrected chi connectivity index (χ4v) is 2.56. The van der Waals surface area contributed by atoms with E-state index in [1.54, 1.807) is 0 Å². The van der Waals surface area contributed by atoms with Crippen LogP contribution < -0.4 is 10.5 Å². The molecule has 1 aromatic heterocycles. The molecule has 0 aliphatic rings. The number of aromatic nitrogens is 2. The van der Waals surface area contributed by atoms with Gasteiger partial charge in [-0.25, -0.2) is 13.6 Å². The number of aromatic amines is 1. The van der Waals surface area contributed by atoms with Crippen LogP contribution in [0.3, 0.4) is 0 Å². The van der Waals surface area contributed by atoms with Crippen LogP contribution in [-0.2, 0) is 16.6 Å². The maximum absolute atomic E-state index is 11.3. The summed E-state index contributed by atoms with van der Waals surface area (Å²) in [5.74, 6) is 0. The molecule has 0 atom stereocenters. The van der Waals surface area contributed by atoms with Crippen molar-refractivity contribution in [1.29, 1.82) is 0 Å². The number of H-pyrrole nitrogens is 1. The normalized spacial score (nSPS) is 11.6. The quantitative estimate of drug-likeness (QED) is 0.802. The van der Waals surface area contributed by atoms with E-state index in [1.165, 1.54) is 18.2 Å². The molecule has 0 fully saturated rings. The average molecular weight is 315 g/mol. The number of sulfonamides is 1. The van der Waals surface area contributed by atoms with E-state index in [0.717, 1.165) is 17.0 Å². The lowest BCUT2D eigenvalue weighted by Crippen LogP contribution is -2.12. The number of hydrogen-bond acceptors (Lipinski definition) is 4. The fraction of sp³-hybridized carbons (Fsp3) is 0.250. The predicted molar refractivity (Wildman–Crippen MR) is 78.2 cm³/mol. The second-order valence-electron chi connectivity index (χ2n) is 4.45. The van der Waals surface area contributed by atoms with Crippen LogP contribution in [0.4, 0.5) is 5.69 Å². The number of halogens is 1. The molecule has 4 N–H and O–H groups in total. The van der Waals surface area contributed by atoms with Crippen LogP contribution in [0.15, 0.2) is 23.1 Å². The minimum Gasteiger partial charge on any atom is -0.380 e. The van der Waals surface area contributed by atoms with Crippen LogP contribution in [0.5, 0.6) is 0 Å². The van der Waals surface area contributed by atoms with Crippen LogP contribution in [0, 0.1) is 13.8 Å². The Balaban J connectivity index is 2.26. The molecule has 6 nitrogen and oxygen atoms in total. The van der Waals surface area contributed by atoms with E-state index in [4.69, 9.17) is 16.7 Å². The highest BCUT2D eigenvalue weighted by Crippen LogP contribution is 2.25. The molecule has 20 heavy (non-hydrogen) atoms. The van der Waals surface area contributed by atoms with Crippen molar-refractivity contribution in [2.75, 3.05) is 5.32 Å². The van der Waals surface area contributed by atoms with Gasteiger partial charge in [-0.15, -0.1) is 0 Å². The number of nitrogens with zero attached hydrogens (tertiary/aromatic N) is 1. The first-order chi connectivity index (χ1) is 9.29. The molecule has 0 saturated heterocycles. The molecular formula is C12H15ClN4O2S. The summed E-state index contributed by atoms with van der Waals surface area (Å²) < 4.78 is 22.7. The number of hydrogen-bond donors (Lipinski definition) is 3. The summed E-state index contributed by atoms with van der Waals surface area (Å²) >= 11 is 6.04. The Morgan fingerprint density at radius 2 is 2.10 bits per heavy atom. The highest BCUT2D eigenvalue weighted by Gasteiger charge is 2.12. The fourth-order valence-electron chi connectivity index (χ4n) is 1.83. The smallest absolute Gasteiger partial charge is 0.238 e. The molecule has 8 heteroatoms. The summed E-state index contributed by atoms with van der Waals surface area (Å²) in [4.78, 5) is 0.0186. The van der Waals surface area contributed by atoms with E-state index in [-0.39, 0.29) is 4.90 Å². The van der Waals surface area contributed by atoms with Gasteiger partial charge in [0.25, 0.3) is 0 Å². The van der Waals surface area contributed by atoms with Gasteiger partial charge in [-0.3, -0.25) is 5.10 Å². The van der Waals surface area contributed by atoms with Gasteiger partial charge >= 0.3 is 0 Å². The van der Waals surface area contributed by atoms with E-state index in [0.29, 0.717) is 17.3 Å². The Morgan fingerprint density at radius 1 is 1.40 bits per heavy atom. The van der Waals surface area contributed by atoms with Gasteiger partial charge in [-0.2, -0.15) is 5.10 Å². The molecule has 1 aromatic carbocycles. The minimum atomic E-state index is -3.75. The number of nitrogens with one attached hydrogen (secondary N) is 2. The Kier molecular flexibility index (Phi) is 4.03. The third kappa shape index (κ3) is 3.12. The summed E-state index contributed by atoms with van der Waals surface area (Å²) in [5, 5.41) is 15.6. The zero-order valence-electron chi connectivity index (χ0n) is 11.1. The monoisotopic (exact) mass is 314 g/mol. The van der Waals surface area contributed by atoms with E-state index >= 15 is 0 Å². The second kappa shape index (κ2) is 5.43. The highest BCUT2D eigenvalue weighted by molar-refractivity contribution is 7.89. The van der Waals surface area contributed by atoms with Gasteiger partial charge in [0.2, 0.25) is 10.0 Å². The first-order valence-corrected chi connectivity index (χ1v) is 7.78. The van der Waals surface area contributed by atoms with Gasteiger partial charge in [-0.1, -0.05) is 11.6 Å². The first-order valence-electron chi connectivity index (χ1n) is 5.85. The van der Waals surface area contributed by atoms with Crippen LogP contribution in [0.25, 0.3) is 0 Å². The van der Waals surface area contributed by atoms with Crippen molar-refractivity contribution < 1.29 is 8.42 Å². The first kappa shape index (κ1) is 14.8. The SMILES string of the molecule is Cc1n[nH]c(C)c1CNc1cc(S(N)(=O)=O)ccc1Cl. The van der Waals surface area contributed by atoms with Crippen LogP contribution >= 0.6 is 11.6 Å². The largest absolute Gasteiger partial charge is 0.380 e. The second-order valence-corrected chi connectivity index (χ2v) is 6.42. The maximum atomic E-state index is 11.3. The summed E-state index contributed by atoms with van der Waals surface area (Å²) in [5.41, 5.74) is 3.36. The van der Waals surface area contributed by atoms with Gasteiger partial charge < -0.3 is 5.32 Å². The third-order valence-corrected chi connectivity index (χ3v) is 4.24. The average Bonchev–Trinajstić information content (AvgIpc) is 2.67. The van der Waals surface area contributed by atoms with E-state index in [2.05, 4.69) is 15.5 Å². The summed E-state index contributed by atoms with van der Waals surface area (Å²) in [6.07, 6.45) is 0. The van der Waals surface area contributed by atoms with Crippen LogP contribution in [0.1, 0.15) is 17.0 Å². The zero-order valence-corrected chi connectivity index (χ0v) is 12.6. The molecule has 108 valence electrons. The van der Waals surface area contributed by atoms with Gasteiger partial charge in [0.05, 0.1) is 21.3 Å². The minimum absolute atomic E-state index is 0.0186. The Bertz CT molecular complexity index is 720. The Morgan fingerprint density at radius 3 is 2.65 bits per heavy atom. The summed E-state index contributed by atoms with van der Waals surface area (Å²) in [6, 6.07) is 4.29. The number of aryl methyl sites for hydroxylation is 2. The molecular weight excluding hydrogens is 300 g/mol. The molecule has 2 rings (SSSR count). The topological polar surface area (TPSA) is 101 Å². The number of primary sulfonamides is 1. The molecule has 2 aromatic rings.